The van der Waals surface area contributed by atoms with Gasteiger partial charge in [-0.15, -0.1) is 0 Å². The predicted octanol–water partition coefficient (Wildman–Crippen LogP) is 6.26. The maximum absolute atomic E-state index is 13.8. The highest BCUT2D eigenvalue weighted by atomic mass is 35.5. The summed E-state index contributed by atoms with van der Waals surface area (Å²) >= 11 is 12.3. The fraction of sp³-hybridized carbons (Fsp3) is 0.111. The molecule has 0 radical (unpaired) electrons. The van der Waals surface area contributed by atoms with Crippen LogP contribution in [0.1, 0.15) is 22.2 Å². The fourth-order valence-electron chi connectivity index (χ4n) is 4.58. The summed E-state index contributed by atoms with van der Waals surface area (Å²) in [6.45, 7) is 0.0557. The molecule has 0 saturated heterocycles. The monoisotopic (exact) mass is 537 g/mol. The molecule has 1 unspecified atom stereocenters. The van der Waals surface area contributed by atoms with Crippen LogP contribution in [0.5, 0.6) is 17.2 Å². The first-order valence-corrected chi connectivity index (χ1v) is 11.8. The number of ketones is 1. The maximum atomic E-state index is 13.8. The lowest BCUT2D eigenvalue weighted by Crippen LogP contribution is -2.31. The second kappa shape index (κ2) is 8.76. The van der Waals surface area contributed by atoms with Gasteiger partial charge in [-0.1, -0.05) is 35.3 Å². The number of furan rings is 1. The van der Waals surface area contributed by atoms with Crippen LogP contribution < -0.4 is 19.1 Å². The number of amides is 1. The van der Waals surface area contributed by atoms with Crippen LogP contribution in [-0.4, -0.2) is 30.7 Å². The molecule has 0 aliphatic carbocycles. The van der Waals surface area contributed by atoms with E-state index in [9.17, 15) is 14.7 Å². The van der Waals surface area contributed by atoms with E-state index >= 15 is 0 Å². The molecule has 3 heterocycles. The number of aliphatic hydroxyl groups is 1. The van der Waals surface area contributed by atoms with Gasteiger partial charge in [0.25, 0.3) is 5.91 Å². The van der Waals surface area contributed by atoms with E-state index in [2.05, 4.69) is 0 Å². The van der Waals surface area contributed by atoms with Crippen molar-refractivity contribution in [3.63, 3.8) is 0 Å². The van der Waals surface area contributed by atoms with Crippen molar-refractivity contribution in [3.8, 4) is 17.2 Å². The summed E-state index contributed by atoms with van der Waals surface area (Å²) in [6.07, 6.45) is 0. The Bertz CT molecular complexity index is 1620. The van der Waals surface area contributed by atoms with Gasteiger partial charge < -0.3 is 23.7 Å². The van der Waals surface area contributed by atoms with Crippen LogP contribution >= 0.6 is 23.2 Å². The molecule has 2 aliphatic heterocycles. The first kappa shape index (κ1) is 23.3. The Kier molecular flexibility index (Phi) is 5.51. The zero-order valence-electron chi connectivity index (χ0n) is 19.2. The Morgan fingerprint density at radius 3 is 2.51 bits per heavy atom. The van der Waals surface area contributed by atoms with Crippen LogP contribution in [0.4, 0.5) is 5.69 Å². The van der Waals surface area contributed by atoms with Gasteiger partial charge in [-0.3, -0.25) is 14.5 Å². The summed E-state index contributed by atoms with van der Waals surface area (Å²) in [4.78, 5) is 28.6. The molecule has 186 valence electrons. The Morgan fingerprint density at radius 2 is 1.76 bits per heavy atom. The molecular formula is C27H17Cl2NO7. The third kappa shape index (κ3) is 3.77. The van der Waals surface area contributed by atoms with Crippen molar-refractivity contribution < 1.29 is 33.3 Å². The number of fused-ring (bicyclic) bond motifs is 2. The molecule has 1 atom stereocenters. The summed E-state index contributed by atoms with van der Waals surface area (Å²) in [5.74, 6) is -0.868. The summed E-state index contributed by atoms with van der Waals surface area (Å²) in [7, 11) is 1.46. The molecule has 3 aromatic carbocycles. The van der Waals surface area contributed by atoms with Crippen molar-refractivity contribution in [1.29, 1.82) is 0 Å². The molecule has 10 heteroatoms. The molecule has 0 fully saturated rings. The van der Waals surface area contributed by atoms with Gasteiger partial charge in [0, 0.05) is 33.3 Å². The number of aliphatic hydroxyl groups excluding tert-OH is 1. The minimum absolute atomic E-state index is 0.0557. The smallest absolute Gasteiger partial charge is 0.294 e. The molecule has 2 aliphatic rings. The largest absolute Gasteiger partial charge is 0.503 e. The highest BCUT2D eigenvalue weighted by Gasteiger charge is 2.45. The zero-order chi connectivity index (χ0) is 25.8. The third-order valence-corrected chi connectivity index (χ3v) is 6.73. The number of benzene rings is 3. The van der Waals surface area contributed by atoms with Crippen molar-refractivity contribution in [3.05, 3.63) is 93.4 Å². The number of hydrogen-bond acceptors (Lipinski definition) is 7. The van der Waals surface area contributed by atoms with E-state index < -0.39 is 23.5 Å². The first-order valence-electron chi connectivity index (χ1n) is 11.1. The Morgan fingerprint density at radius 1 is 1.00 bits per heavy atom. The van der Waals surface area contributed by atoms with Gasteiger partial charge in [0.2, 0.25) is 12.6 Å². The molecule has 8 nitrogen and oxygen atoms in total. The lowest BCUT2D eigenvalue weighted by molar-refractivity contribution is -0.117. The Labute approximate surface area is 220 Å². The van der Waals surface area contributed by atoms with Crippen LogP contribution in [-0.2, 0) is 4.79 Å². The van der Waals surface area contributed by atoms with Gasteiger partial charge in [-0.05, 0) is 42.0 Å². The molecular weight excluding hydrogens is 521 g/mol. The number of Topliss-reactive ketones (excluding diaryl/α,β-unsaturated/α-hetero) is 1. The van der Waals surface area contributed by atoms with Crippen molar-refractivity contribution >= 4 is 51.5 Å². The SMILES string of the molecule is COc1cc(Cl)cc2cc(C(=O)C3=C(O)C(=O)N(c4ccc5c(c4)OCO5)C3c3ccc(Cl)cc3)oc12. The van der Waals surface area contributed by atoms with E-state index in [0.29, 0.717) is 49.5 Å². The van der Waals surface area contributed by atoms with Crippen LogP contribution in [0.3, 0.4) is 0 Å². The molecule has 0 spiro atoms. The van der Waals surface area contributed by atoms with Gasteiger partial charge in [0.05, 0.1) is 18.7 Å². The van der Waals surface area contributed by atoms with Gasteiger partial charge in [0.15, 0.2) is 34.4 Å². The first-order chi connectivity index (χ1) is 17.9. The zero-order valence-corrected chi connectivity index (χ0v) is 20.7. The molecule has 1 N–H and O–H groups in total. The number of hydrogen-bond donors (Lipinski definition) is 1. The summed E-state index contributed by atoms with van der Waals surface area (Å²) in [6, 6.07) is 15.3. The number of methoxy groups -OCH3 is 1. The predicted molar refractivity (Wildman–Crippen MR) is 136 cm³/mol. The third-order valence-electron chi connectivity index (χ3n) is 6.26. The normalized spacial score (nSPS) is 16.7. The van der Waals surface area contributed by atoms with Crippen LogP contribution in [0.2, 0.25) is 10.0 Å². The van der Waals surface area contributed by atoms with Crippen molar-refractivity contribution in [1.82, 2.24) is 0 Å². The molecule has 1 aromatic heterocycles. The number of carbonyl (C=O) groups excluding carboxylic acids is 2. The second-order valence-electron chi connectivity index (χ2n) is 8.40. The van der Waals surface area contributed by atoms with E-state index in [-0.39, 0.29) is 18.1 Å². The van der Waals surface area contributed by atoms with E-state index in [1.165, 1.54) is 18.1 Å². The maximum Gasteiger partial charge on any atom is 0.294 e. The van der Waals surface area contributed by atoms with Gasteiger partial charge in [0.1, 0.15) is 0 Å². The fourth-order valence-corrected chi connectivity index (χ4v) is 4.92. The topological polar surface area (TPSA) is 98.4 Å². The average Bonchev–Trinajstić information content (AvgIpc) is 3.60. The molecule has 1 amide bonds. The van der Waals surface area contributed by atoms with Crippen molar-refractivity contribution in [2.24, 2.45) is 0 Å². The van der Waals surface area contributed by atoms with E-state index in [0.717, 1.165) is 0 Å². The number of anilines is 1. The van der Waals surface area contributed by atoms with Crippen LogP contribution in [0.25, 0.3) is 11.0 Å². The molecule has 0 bridgehead atoms. The highest BCUT2D eigenvalue weighted by molar-refractivity contribution is 6.31. The van der Waals surface area contributed by atoms with Gasteiger partial charge >= 0.3 is 0 Å². The minimum Gasteiger partial charge on any atom is -0.503 e. The van der Waals surface area contributed by atoms with Crippen LogP contribution in [0, 0.1) is 0 Å². The number of halogens is 2. The number of nitrogens with zero attached hydrogens (tertiary/aromatic N) is 1. The Balaban J connectivity index is 1.49. The van der Waals surface area contributed by atoms with E-state index in [4.69, 9.17) is 41.8 Å². The molecule has 6 rings (SSSR count). The molecule has 4 aromatic rings. The Hall–Kier alpha value is -4.14. The van der Waals surface area contributed by atoms with E-state index in [1.54, 1.807) is 54.6 Å². The lowest BCUT2D eigenvalue weighted by atomic mass is 9.94. The number of rotatable bonds is 5. The quantitative estimate of drug-likeness (QED) is 0.300. The summed E-state index contributed by atoms with van der Waals surface area (Å²) in [5.41, 5.74) is 1.13. The standard InChI is InChI=1S/C27H17Cl2NO7/c1-34-21-10-16(29)8-14-9-20(37-26(14)21)24(31)22-23(13-2-4-15(28)5-3-13)30(27(33)25(22)32)17-6-7-18-19(11-17)36-12-35-18/h2-11,23,32H,12H2,1H3. The van der Waals surface area contributed by atoms with E-state index in [1.807, 2.05) is 0 Å². The summed E-state index contributed by atoms with van der Waals surface area (Å²) < 4.78 is 22.0. The highest BCUT2D eigenvalue weighted by Crippen LogP contribution is 2.45. The molecule has 37 heavy (non-hydrogen) atoms. The van der Waals surface area contributed by atoms with Crippen LogP contribution in [0.15, 0.2) is 76.4 Å². The minimum atomic E-state index is -0.976. The van der Waals surface area contributed by atoms with Gasteiger partial charge in [-0.2, -0.15) is 0 Å². The van der Waals surface area contributed by atoms with Crippen molar-refractivity contribution in [2.75, 3.05) is 18.8 Å². The number of ether oxygens (including phenoxy) is 3. The molecule has 0 saturated carbocycles. The number of carbonyl (C=O) groups is 2. The van der Waals surface area contributed by atoms with Crippen molar-refractivity contribution in [2.45, 2.75) is 6.04 Å². The summed E-state index contributed by atoms with van der Waals surface area (Å²) in [5, 5.41) is 12.4. The van der Waals surface area contributed by atoms with Gasteiger partial charge in [-0.25, -0.2) is 0 Å². The second-order valence-corrected chi connectivity index (χ2v) is 9.27. The average molecular weight is 538 g/mol. The lowest BCUT2D eigenvalue weighted by Gasteiger charge is -2.27.